The Morgan fingerprint density at radius 3 is 0.781 bits per heavy atom. The first-order valence-corrected chi connectivity index (χ1v) is 26.5. The van der Waals surface area contributed by atoms with Crippen LogP contribution in [0.2, 0.25) is 0 Å². The minimum absolute atomic E-state index is 0.0370. The monoisotopic (exact) mass is 1420 g/mol. The van der Waals surface area contributed by atoms with Gasteiger partial charge in [0, 0.05) is 18.8 Å². The van der Waals surface area contributed by atoms with E-state index in [9.17, 15) is 112 Å². The standard InChI is InChI=1S/C8H15FN2O3.C8H14FNO4.C6H11FN2O3.C6H10FNO4.2C5H9FN2O3.2C5H8FNO4/c2*9-3-1-2-5(7(11)12)4-6(10)8(13)14;2*7-2-3(5(9)10)1-4(8)6(11)12;6-2(1-3(7)9)4(8)5(10)11;6-2(4(8)9)1-3(7)5(10)11;6-2(1-3(8)9)4(7)5(10)11;6-2(4(8)9)1-3(7)5(10)11/h5-6H,1-4,10H2,(H2,11,12)(H,13,14);5-6H,1-4,10H2,(H,11,12)(H,13,14);3-4H,1-2,8H2,(H2,9,10)(H,11,12);3-4H,1-2,8H2,(H,9,10)(H,11,12);2,4H,1,8H2,(H2,7,9)(H,10,11);2-3H,1,7H2,(H2,8,9)(H,10,11);2,4H,1,7H2,(H,8,9)(H,10,11);2-3H,1,7H2,(H,8,9)(H,10,11)/i2*9-1;2*7-1;4*6-1. The van der Waals surface area contributed by atoms with Gasteiger partial charge >= 0.3 is 71.6 Å². The molecule has 0 radical (unpaired) electrons. The lowest BCUT2D eigenvalue weighted by Crippen LogP contribution is -2.41. The number of alkyl halides is 8. The van der Waals surface area contributed by atoms with Gasteiger partial charge in [0.15, 0.2) is 12.3 Å². The molecule has 0 aromatic carbocycles. The Labute approximate surface area is 536 Å². The number of hydrogen-bond donors (Lipinski definition) is 24. The molecule has 0 aliphatic rings. The van der Waals surface area contributed by atoms with E-state index in [4.69, 9.17) is 119 Å². The number of rotatable bonds is 40. The number of carboxylic acids is 12. The molecule has 0 aliphatic heterocycles. The highest BCUT2D eigenvalue weighted by atomic mass is 18.2. The molecule has 36 N–H and O–H groups in total. The van der Waals surface area contributed by atoms with Gasteiger partial charge in [0.05, 0.1) is 43.9 Å². The number of amides is 4. The van der Waals surface area contributed by atoms with E-state index in [0.29, 0.717) is 0 Å². The third kappa shape index (κ3) is 60.9. The average molecular weight is 1420 g/mol. The zero-order valence-corrected chi connectivity index (χ0v) is 50.4. The maximum absolute atomic E-state index is 12.5. The van der Waals surface area contributed by atoms with E-state index in [2.05, 4.69) is 11.5 Å². The smallest absolute Gasteiger partial charge is 0.338 e. The summed E-state index contributed by atoms with van der Waals surface area (Å²) in [6, 6.07) is -11.1. The van der Waals surface area contributed by atoms with Crippen molar-refractivity contribution in [3.63, 3.8) is 0 Å². The maximum atomic E-state index is 12.5. The summed E-state index contributed by atoms with van der Waals surface area (Å²) in [6.07, 6.45) is -11.1. The highest BCUT2D eigenvalue weighted by Gasteiger charge is 2.30. The molecule has 0 saturated heterocycles. The summed E-state index contributed by atoms with van der Waals surface area (Å²) in [4.78, 5) is 163. The van der Waals surface area contributed by atoms with E-state index in [-0.39, 0.29) is 51.4 Å². The molecule has 560 valence electrons. The summed E-state index contributed by atoms with van der Waals surface area (Å²) in [5, 5.41) is 99.1. The molecule has 16 atom stereocenters. The van der Waals surface area contributed by atoms with Crippen molar-refractivity contribution in [2.45, 2.75) is 150 Å². The molecule has 0 fully saturated rings. The first-order valence-electron chi connectivity index (χ1n) is 26.5. The molecular formula is C48H84F8N12O28. The average Bonchev–Trinajstić information content (AvgIpc) is 3.68. The summed E-state index contributed by atoms with van der Waals surface area (Å²) in [5.74, 6) is -24.0. The summed E-state index contributed by atoms with van der Waals surface area (Å²) in [5.41, 5.74) is 58.7. The molecule has 0 bridgehead atoms. The predicted molar refractivity (Wildman–Crippen MR) is 305 cm³/mol. The molecule has 0 spiro atoms. The third-order valence-corrected chi connectivity index (χ3v) is 10.9. The lowest BCUT2D eigenvalue weighted by Gasteiger charge is -2.14. The summed E-state index contributed by atoms with van der Waals surface area (Å²) in [6.45, 7) is -3.23. The number of hydrogen-bond acceptors (Lipinski definition) is 24. The molecular weight excluding hydrogens is 1340 g/mol. The summed E-state index contributed by atoms with van der Waals surface area (Å²) in [7, 11) is 0. The first-order chi connectivity index (χ1) is 43.7. The van der Waals surface area contributed by atoms with Crippen LogP contribution < -0.4 is 68.8 Å². The SMILES string of the molecule is NC(=O)C(CCC[18F])CC(N)C(=O)O.NC(=O)C(C[18F])CC(N)C(=O)O.NC(=O)C([18F])CC(N)C(=O)O.NC(=O)CC([18F])C(N)C(=O)O.NC(C(=O)O)C([18F])CC(=O)O.NC(CC(CCC[18F])C(=O)O)C(=O)O.NC(CC(C[18F])C(=O)O)C(=O)O.NC(CC([18F])C(=O)O)C(=O)O. The number of carbonyl (C=O) groups excluding carboxylic acids is 4. The number of carbonyl (C=O) groups is 16. The Kier molecular flexibility index (Phi) is 62.3. The van der Waals surface area contributed by atoms with Crippen LogP contribution in [0.15, 0.2) is 0 Å². The van der Waals surface area contributed by atoms with Crippen molar-refractivity contribution in [3.8, 4) is 0 Å². The van der Waals surface area contributed by atoms with Gasteiger partial charge in [-0.05, 0) is 51.4 Å². The van der Waals surface area contributed by atoms with E-state index in [1.807, 2.05) is 0 Å². The first kappa shape index (κ1) is 103. The summed E-state index contributed by atoms with van der Waals surface area (Å²) >= 11 is 0. The van der Waals surface area contributed by atoms with E-state index >= 15 is 0 Å². The zero-order valence-electron chi connectivity index (χ0n) is 50.4. The molecule has 0 aliphatic carbocycles. The third-order valence-electron chi connectivity index (χ3n) is 10.9. The molecule has 96 heavy (non-hydrogen) atoms. The van der Waals surface area contributed by atoms with Crippen LogP contribution in [0.1, 0.15) is 77.0 Å². The second-order valence-corrected chi connectivity index (χ2v) is 19.0. The molecule has 48 heteroatoms. The molecule has 0 rings (SSSR count). The van der Waals surface area contributed by atoms with Crippen LogP contribution in [0.4, 0.5) is 35.1 Å². The van der Waals surface area contributed by atoms with Crippen LogP contribution in [-0.2, 0) is 76.7 Å². The van der Waals surface area contributed by atoms with Gasteiger partial charge in [-0.15, -0.1) is 0 Å². The maximum Gasteiger partial charge on any atom is 0.338 e. The van der Waals surface area contributed by atoms with E-state index in [0.717, 1.165) is 0 Å². The van der Waals surface area contributed by atoms with Crippen molar-refractivity contribution in [1.29, 1.82) is 0 Å². The van der Waals surface area contributed by atoms with Gasteiger partial charge in [-0.2, -0.15) is 0 Å². The zero-order chi connectivity index (χ0) is 77.8. The van der Waals surface area contributed by atoms with Gasteiger partial charge in [0.25, 0.3) is 5.91 Å². The highest BCUT2D eigenvalue weighted by molar-refractivity contribution is 5.82. The highest BCUT2D eigenvalue weighted by Crippen LogP contribution is 2.15. The number of carboxylic acid groups (broad SMARTS) is 12. The van der Waals surface area contributed by atoms with Crippen molar-refractivity contribution in [1.82, 2.24) is 0 Å². The normalized spacial score (nSPS) is 15.2. The van der Waals surface area contributed by atoms with Gasteiger partial charge < -0.3 is 130 Å². The Hall–Kier alpha value is -9.36. The molecule has 0 aromatic rings. The van der Waals surface area contributed by atoms with Crippen LogP contribution in [0.5, 0.6) is 0 Å². The van der Waals surface area contributed by atoms with E-state index in [1.54, 1.807) is 0 Å². The molecule has 0 heterocycles. The fourth-order valence-corrected chi connectivity index (χ4v) is 5.27. The predicted octanol–water partition coefficient (Wildman–Crippen LogP) is -6.16. The van der Waals surface area contributed by atoms with Gasteiger partial charge in [-0.25, -0.2) is 22.4 Å². The summed E-state index contributed by atoms with van der Waals surface area (Å²) < 4.78 is 96.9. The van der Waals surface area contributed by atoms with Gasteiger partial charge in [-0.3, -0.25) is 89.5 Å². The molecule has 4 amide bonds. The van der Waals surface area contributed by atoms with Gasteiger partial charge in [0.2, 0.25) is 17.7 Å². The van der Waals surface area contributed by atoms with Crippen molar-refractivity contribution in [2.75, 3.05) is 26.7 Å². The number of primary amides is 4. The van der Waals surface area contributed by atoms with E-state index in [1.165, 1.54) is 0 Å². The lowest BCUT2D eigenvalue weighted by atomic mass is 9.95. The Bertz CT molecular complexity index is 2250. The van der Waals surface area contributed by atoms with Crippen molar-refractivity contribution in [3.05, 3.63) is 0 Å². The van der Waals surface area contributed by atoms with Crippen LogP contribution in [0, 0.1) is 23.7 Å². The van der Waals surface area contributed by atoms with Crippen LogP contribution >= 0.6 is 0 Å². The largest absolute Gasteiger partial charge is 0.481 e. The molecule has 16 unspecified atom stereocenters. The Morgan fingerprint density at radius 2 is 0.552 bits per heavy atom. The quantitative estimate of drug-likeness (QED) is 0.0254. The topological polar surface area (TPSA) is 828 Å². The number of nitrogens with two attached hydrogens (primary N) is 12. The lowest BCUT2D eigenvalue weighted by molar-refractivity contribution is -0.146. The van der Waals surface area contributed by atoms with Gasteiger partial charge in [-0.1, -0.05) is 0 Å². The second-order valence-electron chi connectivity index (χ2n) is 19.0. The van der Waals surface area contributed by atoms with Crippen LogP contribution in [0.25, 0.3) is 0 Å². The fraction of sp³-hybridized carbons (Fsp3) is 0.667. The number of aliphatic carboxylic acids is 12. The van der Waals surface area contributed by atoms with Crippen LogP contribution in [-0.4, -0.2) is 256 Å². The minimum Gasteiger partial charge on any atom is -0.481 e. The van der Waals surface area contributed by atoms with E-state index < -0.39 is 244 Å². The van der Waals surface area contributed by atoms with Crippen molar-refractivity contribution < 1.29 is 173 Å². The molecule has 40 nitrogen and oxygen atoms in total. The number of halogens is 8. The minimum atomic E-state index is -2.21. The Morgan fingerprint density at radius 1 is 0.292 bits per heavy atom. The van der Waals surface area contributed by atoms with Gasteiger partial charge in [0.1, 0.15) is 74.0 Å². The van der Waals surface area contributed by atoms with Crippen LogP contribution in [0.3, 0.4) is 0 Å². The van der Waals surface area contributed by atoms with Crippen molar-refractivity contribution >= 4 is 95.3 Å². The fourth-order valence-electron chi connectivity index (χ4n) is 5.27. The molecule has 0 saturated carbocycles. The molecule has 0 aromatic heterocycles. The Balaban J connectivity index is -0.000000154. The van der Waals surface area contributed by atoms with Crippen molar-refractivity contribution in [2.24, 2.45) is 92.5 Å². The second kappa shape index (κ2) is 58.2.